The van der Waals surface area contributed by atoms with Crippen molar-refractivity contribution in [2.75, 3.05) is 20.2 Å². The second kappa shape index (κ2) is 11.3. The highest BCUT2D eigenvalue weighted by Gasteiger charge is 2.33. The molecule has 31 heavy (non-hydrogen) atoms. The largest absolute Gasteiger partial charge is 0.496 e. The zero-order valence-electron chi connectivity index (χ0n) is 17.0. The molecule has 10 nitrogen and oxygen atoms in total. The number of rotatable bonds is 10. The van der Waals surface area contributed by atoms with Crippen molar-refractivity contribution in [2.24, 2.45) is 39.6 Å². The first-order chi connectivity index (χ1) is 14.2. The molecule has 2 unspecified atom stereocenters. The number of methoxy groups -OCH3 is 1. The van der Waals surface area contributed by atoms with Gasteiger partial charge in [-0.25, -0.2) is 0 Å². The predicted octanol–water partition coefficient (Wildman–Crippen LogP) is -0.313. The van der Waals surface area contributed by atoms with E-state index in [0.717, 1.165) is 0 Å². The number of hydrogen-bond acceptors (Lipinski definition) is 7. The SMILES string of the molecule is COc1cc(C(=O)CN)c(C(=O)C(N)C(CCN=C(N)N)C(N)=O)c2ccccc12.Cl. The number of carbonyl (C=O) groups is 3. The fourth-order valence-electron chi connectivity index (χ4n) is 3.29. The van der Waals surface area contributed by atoms with Crippen LogP contribution in [-0.4, -0.2) is 49.7 Å². The van der Waals surface area contributed by atoms with Crippen molar-refractivity contribution in [1.82, 2.24) is 0 Å². The summed E-state index contributed by atoms with van der Waals surface area (Å²) in [4.78, 5) is 41.7. The lowest BCUT2D eigenvalue weighted by Crippen LogP contribution is -2.45. The van der Waals surface area contributed by atoms with Gasteiger partial charge in [0.25, 0.3) is 0 Å². The number of amides is 1. The van der Waals surface area contributed by atoms with Gasteiger partial charge in [0.05, 0.1) is 25.6 Å². The maximum absolute atomic E-state index is 13.4. The smallest absolute Gasteiger partial charge is 0.222 e. The Morgan fingerprint density at radius 2 is 1.71 bits per heavy atom. The third kappa shape index (κ3) is 5.69. The van der Waals surface area contributed by atoms with E-state index in [0.29, 0.717) is 16.5 Å². The van der Waals surface area contributed by atoms with E-state index < -0.39 is 29.4 Å². The van der Waals surface area contributed by atoms with Crippen molar-refractivity contribution >= 4 is 46.6 Å². The van der Waals surface area contributed by atoms with Gasteiger partial charge >= 0.3 is 0 Å². The van der Waals surface area contributed by atoms with Crippen LogP contribution in [0.15, 0.2) is 35.3 Å². The Labute approximate surface area is 185 Å². The molecule has 0 spiro atoms. The highest BCUT2D eigenvalue weighted by molar-refractivity contribution is 6.20. The molecule has 0 aliphatic carbocycles. The Morgan fingerprint density at radius 1 is 1.10 bits per heavy atom. The molecule has 2 aromatic rings. The number of primary amides is 1. The van der Waals surface area contributed by atoms with Gasteiger partial charge in [-0.1, -0.05) is 24.3 Å². The zero-order chi connectivity index (χ0) is 22.4. The number of carbonyl (C=O) groups excluding carboxylic acids is 3. The van der Waals surface area contributed by atoms with Crippen LogP contribution < -0.4 is 33.4 Å². The number of guanidine groups is 1. The fraction of sp³-hybridized carbons (Fsp3) is 0.300. The Kier molecular flexibility index (Phi) is 9.38. The minimum Gasteiger partial charge on any atom is -0.496 e. The average molecular weight is 451 g/mol. The maximum Gasteiger partial charge on any atom is 0.222 e. The van der Waals surface area contributed by atoms with Crippen LogP contribution in [0.1, 0.15) is 27.1 Å². The summed E-state index contributed by atoms with van der Waals surface area (Å²) < 4.78 is 5.37. The number of nitrogens with zero attached hydrogens (tertiary/aromatic N) is 1. The van der Waals surface area contributed by atoms with Gasteiger partial charge in [-0.15, -0.1) is 12.4 Å². The number of ether oxygens (including phenoxy) is 1. The van der Waals surface area contributed by atoms with Crippen molar-refractivity contribution in [3.63, 3.8) is 0 Å². The minimum atomic E-state index is -1.31. The Bertz CT molecular complexity index is 1010. The fourth-order valence-corrected chi connectivity index (χ4v) is 3.29. The van der Waals surface area contributed by atoms with E-state index in [1.807, 2.05) is 0 Å². The van der Waals surface area contributed by atoms with Gasteiger partial charge in [-0.05, 0) is 17.9 Å². The van der Waals surface area contributed by atoms with E-state index in [4.69, 9.17) is 33.4 Å². The van der Waals surface area contributed by atoms with E-state index in [1.54, 1.807) is 24.3 Å². The van der Waals surface area contributed by atoms with E-state index >= 15 is 0 Å². The van der Waals surface area contributed by atoms with E-state index in [9.17, 15) is 14.4 Å². The van der Waals surface area contributed by atoms with Crippen LogP contribution in [0.3, 0.4) is 0 Å². The number of benzene rings is 2. The molecule has 2 aromatic carbocycles. The monoisotopic (exact) mass is 450 g/mol. The predicted molar refractivity (Wildman–Crippen MR) is 121 cm³/mol. The molecule has 0 bridgehead atoms. The normalized spacial score (nSPS) is 12.4. The van der Waals surface area contributed by atoms with Gasteiger partial charge in [0, 0.05) is 23.1 Å². The molecule has 0 saturated carbocycles. The summed E-state index contributed by atoms with van der Waals surface area (Å²) in [5.74, 6) is -2.64. The number of halogens is 1. The minimum absolute atomic E-state index is 0. The Balaban J connectivity index is 0.00000480. The van der Waals surface area contributed by atoms with Gasteiger partial charge in [0.2, 0.25) is 5.91 Å². The number of nitrogens with two attached hydrogens (primary N) is 5. The van der Waals surface area contributed by atoms with Crippen LogP contribution >= 0.6 is 12.4 Å². The summed E-state index contributed by atoms with van der Waals surface area (Å²) in [6, 6.07) is 7.05. The topological polar surface area (TPSA) is 203 Å². The van der Waals surface area contributed by atoms with Crippen molar-refractivity contribution in [3.8, 4) is 5.75 Å². The molecule has 11 heteroatoms. The van der Waals surface area contributed by atoms with Crippen molar-refractivity contribution < 1.29 is 19.1 Å². The summed E-state index contributed by atoms with van der Waals surface area (Å²) in [5, 5.41) is 1.07. The summed E-state index contributed by atoms with van der Waals surface area (Å²) in [6.45, 7) is -0.254. The highest BCUT2D eigenvalue weighted by atomic mass is 35.5. The highest BCUT2D eigenvalue weighted by Crippen LogP contribution is 2.33. The molecule has 10 N–H and O–H groups in total. The number of fused-ring (bicyclic) bond motifs is 1. The van der Waals surface area contributed by atoms with E-state index in [-0.39, 0.29) is 49.0 Å². The molecular formula is C20H27ClN6O4. The molecule has 0 aromatic heterocycles. The lowest BCUT2D eigenvalue weighted by Gasteiger charge is -2.22. The zero-order valence-corrected chi connectivity index (χ0v) is 17.9. The standard InChI is InChI=1S/C20H26N6O4.ClH/c1-30-15-8-13(14(27)9-21)16(11-5-3-2-4-10(11)15)18(28)17(22)12(19(23)29)6-7-26-20(24)25;/h2-5,8,12,17H,6-7,9,21-22H2,1H3,(H2,23,29)(H4,24,25,26);1H. The number of aliphatic imine (C=N–C) groups is 1. The summed E-state index contributed by atoms with van der Waals surface area (Å²) in [7, 11) is 1.46. The Morgan fingerprint density at radius 3 is 2.23 bits per heavy atom. The van der Waals surface area contributed by atoms with Crippen LogP contribution in [0.5, 0.6) is 5.75 Å². The summed E-state index contributed by atoms with van der Waals surface area (Å²) in [6.07, 6.45) is 0.0639. The molecule has 168 valence electrons. The third-order valence-corrected chi connectivity index (χ3v) is 4.79. The Hall–Kier alpha value is -3.21. The number of ketones is 2. The molecular weight excluding hydrogens is 424 g/mol. The van der Waals surface area contributed by atoms with Gasteiger partial charge in [-0.2, -0.15) is 0 Å². The van der Waals surface area contributed by atoms with Gasteiger partial charge in [0.1, 0.15) is 5.75 Å². The van der Waals surface area contributed by atoms with Crippen molar-refractivity contribution in [2.45, 2.75) is 12.5 Å². The van der Waals surface area contributed by atoms with Crippen molar-refractivity contribution in [3.05, 3.63) is 41.5 Å². The van der Waals surface area contributed by atoms with Gasteiger partial charge in [-0.3, -0.25) is 19.4 Å². The third-order valence-electron chi connectivity index (χ3n) is 4.79. The molecule has 0 saturated heterocycles. The number of hydrogen-bond donors (Lipinski definition) is 5. The van der Waals surface area contributed by atoms with Crippen LogP contribution in [0.25, 0.3) is 10.8 Å². The summed E-state index contributed by atoms with van der Waals surface area (Å²) in [5.41, 5.74) is 27.9. The molecule has 0 aliphatic heterocycles. The molecule has 2 rings (SSSR count). The number of Topliss-reactive ketones (excluding diaryl/α,β-unsaturated/α-hetero) is 2. The quantitative estimate of drug-likeness (QED) is 0.184. The van der Waals surface area contributed by atoms with E-state index in [1.165, 1.54) is 13.2 Å². The first-order valence-electron chi connectivity index (χ1n) is 9.20. The molecule has 1 amide bonds. The first kappa shape index (κ1) is 25.8. The van der Waals surface area contributed by atoms with Crippen LogP contribution in [0.2, 0.25) is 0 Å². The molecule has 0 heterocycles. The van der Waals surface area contributed by atoms with Gasteiger partial charge in [0.15, 0.2) is 17.5 Å². The second-order valence-electron chi connectivity index (χ2n) is 6.67. The molecule has 0 radical (unpaired) electrons. The second-order valence-corrected chi connectivity index (χ2v) is 6.67. The van der Waals surface area contributed by atoms with Crippen molar-refractivity contribution in [1.29, 1.82) is 0 Å². The summed E-state index contributed by atoms with van der Waals surface area (Å²) >= 11 is 0. The molecule has 0 aliphatic rings. The van der Waals surface area contributed by atoms with Gasteiger partial charge < -0.3 is 33.4 Å². The molecule has 0 fully saturated rings. The molecule has 2 atom stereocenters. The van der Waals surface area contributed by atoms with Crippen LogP contribution in [0, 0.1) is 5.92 Å². The lowest BCUT2D eigenvalue weighted by atomic mass is 9.85. The first-order valence-corrected chi connectivity index (χ1v) is 9.20. The van der Waals surface area contributed by atoms with Crippen LogP contribution in [-0.2, 0) is 4.79 Å². The maximum atomic E-state index is 13.4. The van der Waals surface area contributed by atoms with E-state index in [2.05, 4.69) is 4.99 Å². The van der Waals surface area contributed by atoms with Crippen LogP contribution in [0.4, 0.5) is 0 Å². The average Bonchev–Trinajstić information content (AvgIpc) is 2.73. The lowest BCUT2D eigenvalue weighted by molar-refractivity contribution is -0.122.